The minimum absolute atomic E-state index is 0.0382. The van der Waals surface area contributed by atoms with Gasteiger partial charge in [0.25, 0.3) is 0 Å². The van der Waals surface area contributed by atoms with E-state index in [1.165, 1.54) is 33.5 Å². The van der Waals surface area contributed by atoms with Gasteiger partial charge in [-0.1, -0.05) is 48.5 Å². The Morgan fingerprint density at radius 1 is 0.968 bits per heavy atom. The number of halogens is 1. The predicted octanol–water partition coefficient (Wildman–Crippen LogP) is 5.56. The van der Waals surface area contributed by atoms with Crippen molar-refractivity contribution < 1.29 is 28.1 Å². The summed E-state index contributed by atoms with van der Waals surface area (Å²) in [4.78, 5) is 13.0. The summed E-state index contributed by atoms with van der Waals surface area (Å²) in [7, 11) is 2.84. The summed E-state index contributed by atoms with van der Waals surface area (Å²) in [6.07, 6.45) is 2.74. The van der Waals surface area contributed by atoms with Crippen LogP contribution in [0.25, 0.3) is 6.08 Å². The lowest BCUT2D eigenvalue weighted by Gasteiger charge is -2.19. The van der Waals surface area contributed by atoms with Crippen molar-refractivity contribution in [3.63, 3.8) is 0 Å². The molecule has 0 amide bonds. The van der Waals surface area contributed by atoms with Crippen LogP contribution in [-0.4, -0.2) is 20.2 Å². The van der Waals surface area contributed by atoms with Crippen molar-refractivity contribution in [1.29, 1.82) is 0 Å². The average molecular weight is 422 g/mol. The Labute approximate surface area is 180 Å². The van der Waals surface area contributed by atoms with E-state index in [9.17, 15) is 4.79 Å². The second-order valence-corrected chi connectivity index (χ2v) is 6.61. The summed E-state index contributed by atoms with van der Waals surface area (Å²) in [5, 5.41) is 0. The van der Waals surface area contributed by atoms with E-state index in [1.54, 1.807) is 30.3 Å². The van der Waals surface area contributed by atoms with Crippen LogP contribution in [-0.2, 0) is 11.3 Å². The molecular formula is C25H23FO5. The number of benzene rings is 3. The van der Waals surface area contributed by atoms with Gasteiger partial charge < -0.3 is 18.9 Å². The Bertz CT molecular complexity index is 1060. The van der Waals surface area contributed by atoms with Crippen LogP contribution in [0.5, 0.6) is 17.2 Å². The molecule has 6 heteroatoms. The van der Waals surface area contributed by atoms with Gasteiger partial charge in [0.2, 0.25) is 0 Å². The molecule has 3 aromatic rings. The highest BCUT2D eigenvalue weighted by molar-refractivity contribution is 5.97. The normalized spacial score (nSPS) is 10.7. The van der Waals surface area contributed by atoms with Crippen LogP contribution in [0.1, 0.15) is 27.0 Å². The second kappa shape index (κ2) is 10.3. The van der Waals surface area contributed by atoms with E-state index in [-0.39, 0.29) is 34.8 Å². The van der Waals surface area contributed by atoms with Crippen molar-refractivity contribution in [3.05, 3.63) is 95.0 Å². The smallest absolute Gasteiger partial charge is 0.347 e. The Morgan fingerprint density at radius 3 is 2.23 bits per heavy atom. The molecule has 0 saturated heterocycles. The lowest BCUT2D eigenvalue weighted by Crippen LogP contribution is -2.16. The van der Waals surface area contributed by atoms with Crippen LogP contribution in [0.4, 0.5) is 4.39 Å². The Morgan fingerprint density at radius 2 is 1.61 bits per heavy atom. The minimum Gasteiger partial charge on any atom is -0.504 e. The van der Waals surface area contributed by atoms with Gasteiger partial charge in [0.05, 0.1) is 26.0 Å². The molecule has 0 aromatic heterocycles. The fraction of sp³-hybridized carbons (Fsp3) is 0.160. The lowest BCUT2D eigenvalue weighted by atomic mass is 10.0. The fourth-order valence-electron chi connectivity index (χ4n) is 3.07. The first-order chi connectivity index (χ1) is 15.1. The largest absolute Gasteiger partial charge is 0.504 e. The summed E-state index contributed by atoms with van der Waals surface area (Å²) in [6, 6.07) is 18.0. The highest BCUT2D eigenvalue weighted by Gasteiger charge is 2.29. The van der Waals surface area contributed by atoms with Crippen LogP contribution >= 0.6 is 0 Å². The summed E-state index contributed by atoms with van der Waals surface area (Å²) in [5.74, 6) is -0.860. The molecule has 0 aliphatic heterocycles. The summed E-state index contributed by atoms with van der Waals surface area (Å²) < 4.78 is 37.1. The Balaban J connectivity index is 2.11. The molecule has 0 spiro atoms. The molecular weight excluding hydrogens is 399 g/mol. The van der Waals surface area contributed by atoms with Gasteiger partial charge in [-0.2, -0.15) is 0 Å². The van der Waals surface area contributed by atoms with Crippen molar-refractivity contribution in [1.82, 2.24) is 0 Å². The zero-order valence-corrected chi connectivity index (χ0v) is 17.6. The maximum Gasteiger partial charge on any atom is 0.347 e. The molecule has 0 radical (unpaired) electrons. The zero-order chi connectivity index (χ0) is 22.2. The molecule has 0 heterocycles. The Kier molecular flexibility index (Phi) is 7.27. The van der Waals surface area contributed by atoms with Crippen LogP contribution < -0.4 is 14.2 Å². The van der Waals surface area contributed by atoms with Gasteiger partial charge in [0.15, 0.2) is 11.5 Å². The van der Waals surface area contributed by atoms with E-state index in [0.717, 1.165) is 5.56 Å². The minimum atomic E-state index is -0.744. The molecule has 0 unspecified atom stereocenters. The number of methoxy groups -OCH3 is 2. The standard InChI is InChI=1S/C25H23FO5/c1-17-21(25(27)31-19-12-8-5-9-13-19)24(30-16-18-10-6-4-7-11-18)23(29-3)20(22(17)26)14-15-28-2/h4-15H,16H2,1-3H3. The first-order valence-electron chi connectivity index (χ1n) is 9.60. The first-order valence-corrected chi connectivity index (χ1v) is 9.60. The molecule has 31 heavy (non-hydrogen) atoms. The second-order valence-electron chi connectivity index (χ2n) is 6.61. The van der Waals surface area contributed by atoms with E-state index in [4.69, 9.17) is 18.9 Å². The number of hydrogen-bond acceptors (Lipinski definition) is 5. The number of carbonyl (C=O) groups excluding carboxylic acids is 1. The van der Waals surface area contributed by atoms with Crippen LogP contribution in [0.2, 0.25) is 0 Å². The summed E-state index contributed by atoms with van der Waals surface area (Å²) in [5.41, 5.74) is 1.04. The van der Waals surface area contributed by atoms with Gasteiger partial charge in [-0.15, -0.1) is 0 Å². The fourth-order valence-corrected chi connectivity index (χ4v) is 3.07. The number of para-hydroxylation sites is 1. The maximum atomic E-state index is 15.2. The quantitative estimate of drug-likeness (QED) is 0.270. The van der Waals surface area contributed by atoms with E-state index in [1.807, 2.05) is 30.3 Å². The lowest BCUT2D eigenvalue weighted by molar-refractivity contribution is 0.0727. The molecule has 0 aliphatic rings. The molecule has 0 N–H and O–H groups in total. The third-order valence-electron chi connectivity index (χ3n) is 4.58. The molecule has 0 atom stereocenters. The summed E-state index contributed by atoms with van der Waals surface area (Å²) >= 11 is 0. The van der Waals surface area contributed by atoms with Gasteiger partial charge in [0.1, 0.15) is 23.7 Å². The number of carbonyl (C=O) groups is 1. The number of esters is 1. The molecule has 3 aromatic carbocycles. The summed E-state index contributed by atoms with van der Waals surface area (Å²) in [6.45, 7) is 1.65. The van der Waals surface area contributed by atoms with Crippen molar-refractivity contribution in [2.75, 3.05) is 14.2 Å². The highest BCUT2D eigenvalue weighted by Crippen LogP contribution is 2.41. The number of ether oxygens (including phenoxy) is 4. The van der Waals surface area contributed by atoms with Crippen LogP contribution in [0, 0.1) is 12.7 Å². The van der Waals surface area contributed by atoms with E-state index in [0.29, 0.717) is 5.75 Å². The first kappa shape index (κ1) is 21.9. The van der Waals surface area contributed by atoms with E-state index >= 15 is 4.39 Å². The van der Waals surface area contributed by atoms with E-state index in [2.05, 4.69) is 0 Å². The predicted molar refractivity (Wildman–Crippen MR) is 116 cm³/mol. The average Bonchev–Trinajstić information content (AvgIpc) is 2.79. The van der Waals surface area contributed by atoms with Crippen molar-refractivity contribution in [2.45, 2.75) is 13.5 Å². The van der Waals surface area contributed by atoms with Crippen molar-refractivity contribution in [3.8, 4) is 17.2 Å². The third kappa shape index (κ3) is 5.04. The van der Waals surface area contributed by atoms with E-state index < -0.39 is 11.8 Å². The molecule has 5 nitrogen and oxygen atoms in total. The molecule has 3 rings (SSSR count). The molecule has 160 valence electrons. The zero-order valence-electron chi connectivity index (χ0n) is 17.6. The van der Waals surface area contributed by atoms with Gasteiger partial charge >= 0.3 is 5.97 Å². The number of rotatable bonds is 8. The molecule has 0 saturated carbocycles. The SMILES string of the molecule is COC=Cc1c(F)c(C)c(C(=O)Oc2ccccc2)c(OCc2ccccc2)c1OC. The van der Waals surface area contributed by atoms with Crippen LogP contribution in [0.3, 0.4) is 0 Å². The Hall–Kier alpha value is -3.80. The monoisotopic (exact) mass is 422 g/mol. The van der Waals surface area contributed by atoms with Crippen molar-refractivity contribution >= 4 is 12.0 Å². The van der Waals surface area contributed by atoms with Gasteiger partial charge in [-0.3, -0.25) is 0 Å². The van der Waals surface area contributed by atoms with Gasteiger partial charge in [-0.05, 0) is 30.7 Å². The van der Waals surface area contributed by atoms with Crippen LogP contribution in [0.15, 0.2) is 66.9 Å². The highest BCUT2D eigenvalue weighted by atomic mass is 19.1. The molecule has 0 bridgehead atoms. The van der Waals surface area contributed by atoms with Crippen molar-refractivity contribution in [2.24, 2.45) is 0 Å². The van der Waals surface area contributed by atoms with Gasteiger partial charge in [-0.25, -0.2) is 9.18 Å². The maximum absolute atomic E-state index is 15.2. The topological polar surface area (TPSA) is 54.0 Å². The molecule has 0 aliphatic carbocycles. The molecule has 0 fully saturated rings. The third-order valence-corrected chi connectivity index (χ3v) is 4.58. The number of hydrogen-bond donors (Lipinski definition) is 0. The van der Waals surface area contributed by atoms with Gasteiger partial charge in [0, 0.05) is 5.56 Å².